The molecule has 0 bridgehead atoms. The number of ether oxygens (including phenoxy) is 1. The first-order valence-electron chi connectivity index (χ1n) is 8.20. The van der Waals surface area contributed by atoms with Gasteiger partial charge < -0.3 is 9.72 Å². The highest BCUT2D eigenvalue weighted by molar-refractivity contribution is 9.10. The monoisotopic (exact) mass is 477 g/mol. The Hall–Kier alpha value is -3.17. The standard InChI is InChI=1S/C19H13BrClN3O5/c20-13-6-8-16(29-10-12-3-1-2-4-14(12)21)11(9-13)5-7-15-17(24(27)28)18(25)23-19(26)22-15/h1-9H,10H2,(H2,22,23,25,26)/b7-5+. The number of aromatic nitrogens is 2. The Morgan fingerprint density at radius 3 is 2.62 bits per heavy atom. The first kappa shape index (κ1) is 20.6. The van der Waals surface area contributed by atoms with E-state index in [1.807, 2.05) is 23.2 Å². The van der Waals surface area contributed by atoms with Gasteiger partial charge in [-0.1, -0.05) is 45.7 Å². The topological polar surface area (TPSA) is 118 Å². The first-order chi connectivity index (χ1) is 13.8. The van der Waals surface area contributed by atoms with Gasteiger partial charge in [-0.2, -0.15) is 0 Å². The maximum Gasteiger partial charge on any atom is 0.357 e. The number of rotatable bonds is 6. The highest BCUT2D eigenvalue weighted by atomic mass is 79.9. The Bertz CT molecular complexity index is 1220. The van der Waals surface area contributed by atoms with E-state index >= 15 is 0 Å². The van der Waals surface area contributed by atoms with Crippen LogP contribution in [0, 0.1) is 10.1 Å². The molecule has 3 aromatic rings. The molecule has 0 amide bonds. The minimum Gasteiger partial charge on any atom is -0.488 e. The van der Waals surface area contributed by atoms with Crippen molar-refractivity contribution in [2.45, 2.75) is 6.61 Å². The summed E-state index contributed by atoms with van der Waals surface area (Å²) in [6, 6.07) is 12.5. The summed E-state index contributed by atoms with van der Waals surface area (Å²) in [6.07, 6.45) is 2.78. The minimum atomic E-state index is -1.08. The Balaban J connectivity index is 1.95. The van der Waals surface area contributed by atoms with Gasteiger partial charge in [-0.25, -0.2) is 4.79 Å². The van der Waals surface area contributed by atoms with Gasteiger partial charge >= 0.3 is 16.9 Å². The van der Waals surface area contributed by atoms with Crippen molar-refractivity contribution in [3.63, 3.8) is 0 Å². The zero-order valence-corrected chi connectivity index (χ0v) is 17.0. The third-order valence-electron chi connectivity index (χ3n) is 3.87. The average Bonchev–Trinajstić information content (AvgIpc) is 2.65. The Kier molecular flexibility index (Phi) is 6.30. The summed E-state index contributed by atoms with van der Waals surface area (Å²) in [5.74, 6) is 0.485. The predicted octanol–water partition coefficient (Wildman–Crippen LogP) is 4.14. The van der Waals surface area contributed by atoms with Crippen LogP contribution in [0.3, 0.4) is 0 Å². The van der Waals surface area contributed by atoms with Gasteiger partial charge in [0.25, 0.3) is 0 Å². The van der Waals surface area contributed by atoms with Crippen molar-refractivity contribution < 1.29 is 9.66 Å². The number of benzene rings is 2. The fourth-order valence-electron chi connectivity index (χ4n) is 2.52. The highest BCUT2D eigenvalue weighted by Crippen LogP contribution is 2.27. The normalized spacial score (nSPS) is 11.0. The maximum absolute atomic E-state index is 11.7. The van der Waals surface area contributed by atoms with E-state index in [2.05, 4.69) is 20.9 Å². The lowest BCUT2D eigenvalue weighted by atomic mass is 10.1. The molecule has 0 aliphatic heterocycles. The van der Waals surface area contributed by atoms with Gasteiger partial charge in [-0.15, -0.1) is 0 Å². The summed E-state index contributed by atoms with van der Waals surface area (Å²) >= 11 is 9.50. The molecule has 0 aliphatic carbocycles. The van der Waals surface area contributed by atoms with E-state index in [-0.39, 0.29) is 12.3 Å². The summed E-state index contributed by atoms with van der Waals surface area (Å²) in [7, 11) is 0. The lowest BCUT2D eigenvalue weighted by Crippen LogP contribution is -2.25. The molecular formula is C19H13BrClN3O5. The Morgan fingerprint density at radius 1 is 1.14 bits per heavy atom. The van der Waals surface area contributed by atoms with E-state index in [1.54, 1.807) is 24.3 Å². The van der Waals surface area contributed by atoms with Crippen molar-refractivity contribution in [1.29, 1.82) is 0 Å². The van der Waals surface area contributed by atoms with Crippen LogP contribution in [0.5, 0.6) is 5.75 Å². The quantitative estimate of drug-likeness (QED) is 0.408. The zero-order chi connectivity index (χ0) is 21.0. The van der Waals surface area contributed by atoms with E-state index < -0.39 is 21.9 Å². The molecule has 10 heteroatoms. The van der Waals surface area contributed by atoms with Crippen LogP contribution >= 0.6 is 27.5 Å². The number of nitro groups is 1. The molecule has 3 rings (SSSR count). The molecule has 0 spiro atoms. The molecule has 0 unspecified atom stereocenters. The van der Waals surface area contributed by atoms with Crippen molar-refractivity contribution in [3.8, 4) is 5.75 Å². The average molecular weight is 479 g/mol. The van der Waals surface area contributed by atoms with Crippen LogP contribution in [0.4, 0.5) is 5.69 Å². The minimum absolute atomic E-state index is 0.212. The van der Waals surface area contributed by atoms with Crippen molar-refractivity contribution in [2.75, 3.05) is 0 Å². The summed E-state index contributed by atoms with van der Waals surface area (Å²) in [6.45, 7) is 0.212. The summed E-state index contributed by atoms with van der Waals surface area (Å²) in [5.41, 5.74) is -1.54. The molecule has 0 fully saturated rings. The second kappa shape index (κ2) is 8.89. The lowest BCUT2D eigenvalue weighted by molar-refractivity contribution is -0.386. The van der Waals surface area contributed by atoms with Gasteiger partial charge in [0.05, 0.1) is 4.92 Å². The van der Waals surface area contributed by atoms with E-state index in [0.717, 1.165) is 10.0 Å². The van der Waals surface area contributed by atoms with Crippen LogP contribution in [-0.2, 0) is 6.61 Å². The molecule has 1 aromatic heterocycles. The van der Waals surface area contributed by atoms with Gasteiger partial charge in [0.2, 0.25) is 0 Å². The van der Waals surface area contributed by atoms with Gasteiger partial charge in [-0.3, -0.25) is 19.9 Å². The van der Waals surface area contributed by atoms with Crippen LogP contribution in [-0.4, -0.2) is 14.9 Å². The van der Waals surface area contributed by atoms with Crippen molar-refractivity contribution in [2.24, 2.45) is 0 Å². The van der Waals surface area contributed by atoms with Crippen LogP contribution in [0.2, 0.25) is 5.02 Å². The van der Waals surface area contributed by atoms with Crippen molar-refractivity contribution >= 4 is 45.4 Å². The number of hydrogen-bond acceptors (Lipinski definition) is 5. The molecule has 148 valence electrons. The van der Waals surface area contributed by atoms with Crippen molar-refractivity contribution in [1.82, 2.24) is 9.97 Å². The van der Waals surface area contributed by atoms with Crippen LogP contribution < -0.4 is 16.0 Å². The number of H-pyrrole nitrogens is 2. The molecule has 0 aliphatic rings. The van der Waals surface area contributed by atoms with Crippen LogP contribution in [0.1, 0.15) is 16.8 Å². The summed E-state index contributed by atoms with van der Waals surface area (Å²) < 4.78 is 6.59. The Labute approximate surface area is 177 Å². The molecule has 8 nitrogen and oxygen atoms in total. The number of halogens is 2. The molecule has 2 N–H and O–H groups in total. The molecule has 2 aromatic carbocycles. The van der Waals surface area contributed by atoms with E-state index in [1.165, 1.54) is 12.2 Å². The van der Waals surface area contributed by atoms with E-state index in [0.29, 0.717) is 16.3 Å². The SMILES string of the molecule is O=c1[nH]c(/C=C/c2cc(Br)ccc2OCc2ccccc2Cl)c([N+](=O)[O-])c(=O)[nH]1. The first-order valence-corrected chi connectivity index (χ1v) is 9.37. The van der Waals surface area contributed by atoms with Gasteiger partial charge in [0, 0.05) is 20.6 Å². The van der Waals surface area contributed by atoms with Gasteiger partial charge in [0.15, 0.2) is 0 Å². The van der Waals surface area contributed by atoms with Crippen LogP contribution in [0.15, 0.2) is 56.5 Å². The van der Waals surface area contributed by atoms with Gasteiger partial charge in [-0.05, 0) is 36.4 Å². The van der Waals surface area contributed by atoms with E-state index in [9.17, 15) is 19.7 Å². The maximum atomic E-state index is 11.7. The second-order valence-electron chi connectivity index (χ2n) is 5.82. The fourth-order valence-corrected chi connectivity index (χ4v) is 3.09. The third-order valence-corrected chi connectivity index (χ3v) is 4.73. The predicted molar refractivity (Wildman–Crippen MR) is 113 cm³/mol. The number of hydrogen-bond donors (Lipinski definition) is 2. The van der Waals surface area contributed by atoms with Gasteiger partial charge in [0.1, 0.15) is 18.1 Å². The van der Waals surface area contributed by atoms with E-state index in [4.69, 9.17) is 16.3 Å². The van der Waals surface area contributed by atoms with Crippen molar-refractivity contribution in [3.05, 3.63) is 99.7 Å². The molecule has 0 saturated carbocycles. The molecule has 1 heterocycles. The summed E-state index contributed by atoms with van der Waals surface area (Å²) in [5, 5.41) is 11.7. The number of aromatic amines is 2. The largest absolute Gasteiger partial charge is 0.488 e. The third kappa shape index (κ3) is 5.01. The Morgan fingerprint density at radius 2 is 1.90 bits per heavy atom. The smallest absolute Gasteiger partial charge is 0.357 e. The molecule has 0 radical (unpaired) electrons. The zero-order valence-electron chi connectivity index (χ0n) is 14.6. The molecule has 29 heavy (non-hydrogen) atoms. The number of nitrogens with zero attached hydrogens (tertiary/aromatic N) is 1. The fraction of sp³-hybridized carbons (Fsp3) is 0.0526. The highest BCUT2D eigenvalue weighted by Gasteiger charge is 2.19. The molecule has 0 saturated heterocycles. The molecular weight excluding hydrogens is 466 g/mol. The second-order valence-corrected chi connectivity index (χ2v) is 7.15. The summed E-state index contributed by atoms with van der Waals surface area (Å²) in [4.78, 5) is 37.6. The molecule has 0 atom stereocenters. The number of nitrogens with one attached hydrogen (secondary N) is 2. The lowest BCUT2D eigenvalue weighted by Gasteiger charge is -2.11. The van der Waals surface area contributed by atoms with Crippen LogP contribution in [0.25, 0.3) is 12.2 Å².